The SMILES string of the molecule is C[C@@H](CC(=O)NC1(C(N)=O)CCCCCC1)n1ccnc1. The Kier molecular flexibility index (Phi) is 4.98. The van der Waals surface area contributed by atoms with Gasteiger partial charge in [0.05, 0.1) is 6.33 Å². The van der Waals surface area contributed by atoms with Crippen LogP contribution in [-0.4, -0.2) is 26.9 Å². The molecular formula is C15H24N4O2. The first-order valence-corrected chi connectivity index (χ1v) is 7.62. The molecular weight excluding hydrogens is 268 g/mol. The summed E-state index contributed by atoms with van der Waals surface area (Å²) in [5.41, 5.74) is 4.72. The first kappa shape index (κ1) is 15.5. The number of aromatic nitrogens is 2. The normalized spacial score (nSPS) is 19.5. The molecule has 0 saturated heterocycles. The minimum atomic E-state index is -0.859. The summed E-state index contributed by atoms with van der Waals surface area (Å²) in [4.78, 5) is 28.1. The van der Waals surface area contributed by atoms with E-state index >= 15 is 0 Å². The van der Waals surface area contributed by atoms with Gasteiger partial charge < -0.3 is 15.6 Å². The van der Waals surface area contributed by atoms with Gasteiger partial charge in [-0.1, -0.05) is 25.7 Å². The van der Waals surface area contributed by atoms with Gasteiger partial charge >= 0.3 is 0 Å². The number of primary amides is 1. The number of nitrogens with zero attached hydrogens (tertiary/aromatic N) is 2. The minimum Gasteiger partial charge on any atom is -0.368 e. The van der Waals surface area contributed by atoms with E-state index in [9.17, 15) is 9.59 Å². The van der Waals surface area contributed by atoms with Crippen molar-refractivity contribution in [2.24, 2.45) is 5.73 Å². The van der Waals surface area contributed by atoms with E-state index in [1.165, 1.54) is 0 Å². The van der Waals surface area contributed by atoms with E-state index in [4.69, 9.17) is 5.73 Å². The molecule has 6 nitrogen and oxygen atoms in total. The van der Waals surface area contributed by atoms with Gasteiger partial charge in [-0.15, -0.1) is 0 Å². The lowest BCUT2D eigenvalue weighted by molar-refractivity contribution is -0.132. The molecule has 1 aromatic heterocycles. The molecule has 21 heavy (non-hydrogen) atoms. The number of hydrogen-bond acceptors (Lipinski definition) is 3. The molecule has 0 aromatic carbocycles. The summed E-state index contributed by atoms with van der Waals surface area (Å²) in [5, 5.41) is 2.92. The van der Waals surface area contributed by atoms with Crippen LogP contribution in [0.5, 0.6) is 0 Å². The predicted octanol–water partition coefficient (Wildman–Crippen LogP) is 1.53. The summed E-state index contributed by atoms with van der Waals surface area (Å²) in [5.74, 6) is -0.537. The molecule has 1 aliphatic rings. The number of rotatable bonds is 5. The molecule has 0 unspecified atom stereocenters. The average Bonchev–Trinajstić information content (AvgIpc) is 2.86. The van der Waals surface area contributed by atoms with E-state index < -0.39 is 11.4 Å². The Balaban J connectivity index is 1.99. The van der Waals surface area contributed by atoms with Crippen LogP contribution in [-0.2, 0) is 9.59 Å². The fraction of sp³-hybridized carbons (Fsp3) is 0.667. The first-order chi connectivity index (χ1) is 10.0. The molecule has 1 saturated carbocycles. The Hall–Kier alpha value is -1.85. The monoisotopic (exact) mass is 292 g/mol. The van der Waals surface area contributed by atoms with Gasteiger partial charge in [0.2, 0.25) is 11.8 Å². The Morgan fingerprint density at radius 1 is 1.33 bits per heavy atom. The summed E-state index contributed by atoms with van der Waals surface area (Å²) >= 11 is 0. The van der Waals surface area contributed by atoms with Crippen LogP contribution in [0.4, 0.5) is 0 Å². The van der Waals surface area contributed by atoms with Crippen LogP contribution in [0.25, 0.3) is 0 Å². The summed E-state index contributed by atoms with van der Waals surface area (Å²) in [6, 6.07) is 0.00297. The quantitative estimate of drug-likeness (QED) is 0.806. The van der Waals surface area contributed by atoms with Gasteiger partial charge in [-0.25, -0.2) is 4.98 Å². The summed E-state index contributed by atoms with van der Waals surface area (Å²) in [7, 11) is 0. The second kappa shape index (κ2) is 6.74. The maximum absolute atomic E-state index is 12.3. The molecule has 0 aliphatic heterocycles. The molecule has 0 radical (unpaired) electrons. The highest BCUT2D eigenvalue weighted by Gasteiger charge is 2.38. The molecule has 3 N–H and O–H groups in total. The van der Waals surface area contributed by atoms with Gasteiger partial charge in [0.25, 0.3) is 0 Å². The Morgan fingerprint density at radius 3 is 2.52 bits per heavy atom. The van der Waals surface area contributed by atoms with Crippen molar-refractivity contribution in [2.75, 3.05) is 0 Å². The van der Waals surface area contributed by atoms with Crippen molar-refractivity contribution in [2.45, 2.75) is 63.5 Å². The smallest absolute Gasteiger partial charge is 0.243 e. The van der Waals surface area contributed by atoms with Crippen LogP contribution in [0.1, 0.15) is 57.9 Å². The molecule has 1 atom stereocenters. The second-order valence-corrected chi connectivity index (χ2v) is 5.97. The van der Waals surface area contributed by atoms with Gasteiger partial charge in [-0.3, -0.25) is 9.59 Å². The highest BCUT2D eigenvalue weighted by atomic mass is 16.2. The van der Waals surface area contributed by atoms with Crippen LogP contribution >= 0.6 is 0 Å². The van der Waals surface area contributed by atoms with E-state index in [-0.39, 0.29) is 11.9 Å². The molecule has 2 rings (SSSR count). The number of imidazole rings is 1. The third-order valence-electron chi connectivity index (χ3n) is 4.32. The Labute approximate surface area is 125 Å². The minimum absolute atomic E-state index is 0.00297. The third-order valence-corrected chi connectivity index (χ3v) is 4.32. The highest BCUT2D eigenvalue weighted by Crippen LogP contribution is 2.27. The van der Waals surface area contributed by atoms with E-state index in [1.54, 1.807) is 12.5 Å². The second-order valence-electron chi connectivity index (χ2n) is 5.97. The van der Waals surface area contributed by atoms with Crippen LogP contribution in [0.2, 0.25) is 0 Å². The highest BCUT2D eigenvalue weighted by molar-refractivity contribution is 5.90. The topological polar surface area (TPSA) is 90.0 Å². The Bertz CT molecular complexity index is 476. The summed E-state index contributed by atoms with van der Waals surface area (Å²) in [6.45, 7) is 1.95. The molecule has 1 aromatic rings. The summed E-state index contributed by atoms with van der Waals surface area (Å²) in [6.07, 6.45) is 10.9. The average molecular weight is 292 g/mol. The van der Waals surface area contributed by atoms with Crippen LogP contribution in [0.3, 0.4) is 0 Å². The van der Waals surface area contributed by atoms with Crippen LogP contribution in [0.15, 0.2) is 18.7 Å². The first-order valence-electron chi connectivity index (χ1n) is 7.62. The predicted molar refractivity (Wildman–Crippen MR) is 79.3 cm³/mol. The molecule has 116 valence electrons. The molecule has 1 aliphatic carbocycles. The van der Waals surface area contributed by atoms with Crippen molar-refractivity contribution in [3.05, 3.63) is 18.7 Å². The van der Waals surface area contributed by atoms with E-state index in [1.807, 2.05) is 17.7 Å². The molecule has 1 fully saturated rings. The molecule has 2 amide bonds. The fourth-order valence-corrected chi connectivity index (χ4v) is 2.99. The van der Waals surface area contributed by atoms with Gasteiger partial charge in [0.15, 0.2) is 0 Å². The Morgan fingerprint density at radius 2 is 2.00 bits per heavy atom. The number of nitrogens with one attached hydrogen (secondary N) is 1. The summed E-state index contributed by atoms with van der Waals surface area (Å²) < 4.78 is 1.88. The van der Waals surface area contributed by atoms with Crippen molar-refractivity contribution in [1.29, 1.82) is 0 Å². The van der Waals surface area contributed by atoms with Crippen molar-refractivity contribution in [3.8, 4) is 0 Å². The third kappa shape index (κ3) is 3.83. The zero-order valence-corrected chi connectivity index (χ0v) is 12.5. The number of hydrogen-bond donors (Lipinski definition) is 2. The van der Waals surface area contributed by atoms with Gasteiger partial charge in [-0.2, -0.15) is 0 Å². The number of carbonyl (C=O) groups is 2. The molecule has 1 heterocycles. The lowest BCUT2D eigenvalue weighted by Gasteiger charge is -2.31. The largest absolute Gasteiger partial charge is 0.368 e. The van der Waals surface area contributed by atoms with E-state index in [0.717, 1.165) is 25.7 Å². The number of amides is 2. The zero-order chi connectivity index (χ0) is 15.3. The standard InChI is InChI=1S/C15H24N4O2/c1-12(19-9-8-17-11-19)10-13(20)18-15(14(16)21)6-4-2-3-5-7-15/h8-9,11-12H,2-7,10H2,1H3,(H2,16,21)(H,18,20)/t12-/m0/s1. The molecule has 6 heteroatoms. The lowest BCUT2D eigenvalue weighted by atomic mass is 9.89. The van der Waals surface area contributed by atoms with E-state index in [2.05, 4.69) is 10.3 Å². The zero-order valence-electron chi connectivity index (χ0n) is 12.5. The van der Waals surface area contributed by atoms with Crippen molar-refractivity contribution in [1.82, 2.24) is 14.9 Å². The molecule has 0 spiro atoms. The number of carbonyl (C=O) groups excluding carboxylic acids is 2. The van der Waals surface area contributed by atoms with Crippen molar-refractivity contribution < 1.29 is 9.59 Å². The molecule has 0 bridgehead atoms. The lowest BCUT2D eigenvalue weighted by Crippen LogP contribution is -2.57. The fourth-order valence-electron chi connectivity index (χ4n) is 2.99. The van der Waals surface area contributed by atoms with Crippen LogP contribution in [0, 0.1) is 0 Å². The number of nitrogens with two attached hydrogens (primary N) is 1. The van der Waals surface area contributed by atoms with Gasteiger partial charge in [0, 0.05) is 24.9 Å². The van der Waals surface area contributed by atoms with Crippen molar-refractivity contribution >= 4 is 11.8 Å². The van der Waals surface area contributed by atoms with Gasteiger partial charge in [0.1, 0.15) is 5.54 Å². The van der Waals surface area contributed by atoms with Gasteiger partial charge in [-0.05, 0) is 19.8 Å². The maximum Gasteiger partial charge on any atom is 0.243 e. The van der Waals surface area contributed by atoms with E-state index in [0.29, 0.717) is 19.3 Å². The van der Waals surface area contributed by atoms with Crippen molar-refractivity contribution in [3.63, 3.8) is 0 Å². The maximum atomic E-state index is 12.3. The van der Waals surface area contributed by atoms with Crippen LogP contribution < -0.4 is 11.1 Å².